The maximum Gasteiger partial charge on any atom is 0.275 e. The summed E-state index contributed by atoms with van der Waals surface area (Å²) >= 11 is 6.28. The Morgan fingerprint density at radius 2 is 2.10 bits per heavy atom. The Balaban J connectivity index is 1.58. The van der Waals surface area contributed by atoms with Crippen LogP contribution in [0.2, 0.25) is 5.02 Å². The highest BCUT2D eigenvalue weighted by atomic mass is 35.5. The molecule has 0 amide bonds. The second-order valence-corrected chi connectivity index (χ2v) is 9.61. The van der Waals surface area contributed by atoms with Crippen molar-refractivity contribution in [1.82, 2.24) is 35.2 Å². The molecule has 0 atom stereocenters. The number of aryl methyl sites for hydroxylation is 1. The summed E-state index contributed by atoms with van der Waals surface area (Å²) in [5.74, 6) is 0.0683. The number of H-pyrrole nitrogens is 2. The van der Waals surface area contributed by atoms with E-state index in [1.807, 2.05) is 0 Å². The molecule has 1 aliphatic carbocycles. The number of nitrogens with one attached hydrogen (secondary N) is 2. The van der Waals surface area contributed by atoms with E-state index in [4.69, 9.17) is 26.8 Å². The predicted molar refractivity (Wildman–Crippen MR) is 142 cm³/mol. The van der Waals surface area contributed by atoms with Crippen molar-refractivity contribution in [3.8, 4) is 40.0 Å². The van der Waals surface area contributed by atoms with Crippen molar-refractivity contribution < 1.29 is 13.9 Å². The highest BCUT2D eigenvalue weighted by Gasteiger charge is 2.30. The van der Waals surface area contributed by atoms with E-state index in [1.54, 1.807) is 19.2 Å². The van der Waals surface area contributed by atoms with Gasteiger partial charge in [0, 0.05) is 30.6 Å². The Kier molecular flexibility index (Phi) is 6.41. The van der Waals surface area contributed by atoms with Gasteiger partial charge >= 0.3 is 0 Å². The van der Waals surface area contributed by atoms with Gasteiger partial charge in [0.15, 0.2) is 11.6 Å². The standard InChI is InChI=1S/C26H21ClFN9O3/c1-37-25(23-15(7-29)19(40-13-2-3-13)6-17(27)24(23)28)16(9-33-37)12-4-14-18(8-30)34-36-26(38)22(14)20(5-12)39-10-21-31-11-32-35-21/h4-6,9,11,13H,2-3,8,10,30H2,1H3,(H,36,38)(H,31,32,35). The molecule has 1 saturated carbocycles. The first kappa shape index (κ1) is 25.5. The molecule has 0 bridgehead atoms. The van der Waals surface area contributed by atoms with Gasteiger partial charge in [0.2, 0.25) is 0 Å². The molecule has 4 N–H and O–H groups in total. The fourth-order valence-corrected chi connectivity index (χ4v) is 4.72. The van der Waals surface area contributed by atoms with Crippen LogP contribution in [-0.2, 0) is 20.2 Å². The monoisotopic (exact) mass is 561 g/mol. The van der Waals surface area contributed by atoms with Gasteiger partial charge in [-0.2, -0.15) is 20.6 Å². The van der Waals surface area contributed by atoms with Crippen molar-refractivity contribution in [1.29, 1.82) is 5.26 Å². The lowest BCUT2D eigenvalue weighted by molar-refractivity contribution is 0.300. The fourth-order valence-electron chi connectivity index (χ4n) is 4.52. The molecule has 12 nitrogen and oxygen atoms in total. The summed E-state index contributed by atoms with van der Waals surface area (Å²) in [5, 5.41) is 28.0. The highest BCUT2D eigenvalue weighted by Crippen LogP contribution is 2.44. The zero-order valence-corrected chi connectivity index (χ0v) is 21.8. The number of aromatic nitrogens is 7. The summed E-state index contributed by atoms with van der Waals surface area (Å²) in [5.41, 5.74) is 7.07. The molecule has 0 unspecified atom stereocenters. The number of halogens is 2. The third-order valence-corrected chi connectivity index (χ3v) is 6.83. The number of nitrogens with two attached hydrogens (primary N) is 1. The van der Waals surface area contributed by atoms with E-state index in [-0.39, 0.29) is 58.0 Å². The first-order valence-corrected chi connectivity index (χ1v) is 12.6. The third-order valence-electron chi connectivity index (χ3n) is 6.55. The van der Waals surface area contributed by atoms with Gasteiger partial charge in [-0.15, -0.1) is 0 Å². The molecule has 0 radical (unpaired) electrons. The van der Waals surface area contributed by atoms with Gasteiger partial charge in [-0.3, -0.25) is 14.6 Å². The second kappa shape index (κ2) is 10.1. The van der Waals surface area contributed by atoms with E-state index in [0.717, 1.165) is 12.8 Å². The summed E-state index contributed by atoms with van der Waals surface area (Å²) in [6.07, 6.45) is 4.51. The van der Waals surface area contributed by atoms with E-state index < -0.39 is 11.4 Å². The average molecular weight is 562 g/mol. The van der Waals surface area contributed by atoms with Crippen molar-refractivity contribution in [2.75, 3.05) is 0 Å². The van der Waals surface area contributed by atoms with E-state index >= 15 is 4.39 Å². The van der Waals surface area contributed by atoms with E-state index in [9.17, 15) is 10.1 Å². The van der Waals surface area contributed by atoms with Gasteiger partial charge in [0.1, 0.15) is 36.1 Å². The molecule has 1 aliphatic rings. The Labute approximate surface area is 230 Å². The summed E-state index contributed by atoms with van der Waals surface area (Å²) in [6.45, 7) is 0.0169. The zero-order chi connectivity index (χ0) is 28.0. The van der Waals surface area contributed by atoms with Crippen molar-refractivity contribution in [2.24, 2.45) is 12.8 Å². The summed E-state index contributed by atoms with van der Waals surface area (Å²) in [7, 11) is 1.63. The Hall–Kier alpha value is -4.80. The molecule has 1 fully saturated rings. The molecule has 40 heavy (non-hydrogen) atoms. The molecule has 14 heteroatoms. The number of nitrogens with zero attached hydrogens (tertiary/aromatic N) is 6. The number of benzene rings is 2. The lowest BCUT2D eigenvalue weighted by Gasteiger charge is -2.16. The molecular weight excluding hydrogens is 541 g/mol. The average Bonchev–Trinajstić information content (AvgIpc) is 3.45. The van der Waals surface area contributed by atoms with Crippen LogP contribution < -0.4 is 20.8 Å². The van der Waals surface area contributed by atoms with Gasteiger partial charge in [-0.1, -0.05) is 11.6 Å². The SMILES string of the molecule is Cn1ncc(-c2cc(OCc3ncn[nH]3)c3c(=O)[nH]nc(CN)c3c2)c1-c1c(F)c(Cl)cc(OC2CC2)c1C#N. The molecule has 3 heterocycles. The van der Waals surface area contributed by atoms with E-state index in [1.165, 1.54) is 23.3 Å². The summed E-state index contributed by atoms with van der Waals surface area (Å²) in [4.78, 5) is 16.9. The highest BCUT2D eigenvalue weighted by molar-refractivity contribution is 6.31. The largest absolute Gasteiger partial charge is 0.489 e. The number of nitriles is 1. The first-order valence-electron chi connectivity index (χ1n) is 12.2. The third kappa shape index (κ3) is 4.42. The maximum absolute atomic E-state index is 15.7. The smallest absolute Gasteiger partial charge is 0.275 e. The van der Waals surface area contributed by atoms with E-state index in [2.05, 4.69) is 36.5 Å². The van der Waals surface area contributed by atoms with Gasteiger partial charge < -0.3 is 15.2 Å². The first-order chi connectivity index (χ1) is 19.4. The number of rotatable bonds is 8. The van der Waals surface area contributed by atoms with Crippen molar-refractivity contribution in [2.45, 2.75) is 32.1 Å². The normalized spacial score (nSPS) is 13.0. The van der Waals surface area contributed by atoms with Gasteiger partial charge in [0.25, 0.3) is 5.56 Å². The van der Waals surface area contributed by atoms with Gasteiger partial charge in [-0.05, 0) is 30.5 Å². The number of aromatic amines is 2. The van der Waals surface area contributed by atoms with Crippen LogP contribution in [0.15, 0.2) is 35.5 Å². The van der Waals surface area contributed by atoms with E-state index in [0.29, 0.717) is 28.0 Å². The lowest BCUT2D eigenvalue weighted by Crippen LogP contribution is -2.15. The van der Waals surface area contributed by atoms with Crippen molar-refractivity contribution in [3.05, 3.63) is 69.0 Å². The molecule has 2 aromatic carbocycles. The minimum Gasteiger partial charge on any atom is -0.489 e. The second-order valence-electron chi connectivity index (χ2n) is 9.20. The topological polar surface area (TPSA) is 173 Å². The molecule has 6 rings (SSSR count). The summed E-state index contributed by atoms with van der Waals surface area (Å²) < 4.78 is 29.1. The van der Waals surface area contributed by atoms with Crippen LogP contribution in [-0.4, -0.2) is 41.3 Å². The van der Waals surface area contributed by atoms with Crippen LogP contribution in [0, 0.1) is 17.1 Å². The van der Waals surface area contributed by atoms with Crippen LogP contribution in [0.25, 0.3) is 33.2 Å². The van der Waals surface area contributed by atoms with Crippen molar-refractivity contribution >= 4 is 22.4 Å². The minimum absolute atomic E-state index is 0.00184. The predicted octanol–water partition coefficient (Wildman–Crippen LogP) is 3.35. The molecule has 0 aliphatic heterocycles. The maximum atomic E-state index is 15.7. The molecule has 0 spiro atoms. The van der Waals surface area contributed by atoms with Gasteiger partial charge in [-0.25, -0.2) is 14.5 Å². The van der Waals surface area contributed by atoms with Crippen LogP contribution in [0.3, 0.4) is 0 Å². The van der Waals surface area contributed by atoms with Crippen LogP contribution in [0.1, 0.15) is 29.9 Å². The minimum atomic E-state index is -0.783. The number of ether oxygens (including phenoxy) is 2. The Morgan fingerprint density at radius 3 is 2.80 bits per heavy atom. The Morgan fingerprint density at radius 1 is 1.27 bits per heavy atom. The van der Waals surface area contributed by atoms with Crippen LogP contribution in [0.4, 0.5) is 4.39 Å². The Bertz CT molecular complexity index is 1860. The number of fused-ring (bicyclic) bond motifs is 1. The quantitative estimate of drug-likeness (QED) is 0.256. The van der Waals surface area contributed by atoms with Crippen molar-refractivity contribution in [3.63, 3.8) is 0 Å². The molecule has 3 aromatic heterocycles. The zero-order valence-electron chi connectivity index (χ0n) is 21.0. The fraction of sp³-hybridized carbons (Fsp3) is 0.231. The number of hydrogen-bond acceptors (Lipinski definition) is 9. The number of hydrogen-bond donors (Lipinski definition) is 3. The molecule has 202 valence electrons. The van der Waals surface area contributed by atoms with Gasteiger partial charge in [0.05, 0.1) is 39.7 Å². The van der Waals surface area contributed by atoms with Crippen LogP contribution >= 0.6 is 11.6 Å². The molecular formula is C26H21ClFN9O3. The molecule has 5 aromatic rings. The molecule has 0 saturated heterocycles. The van der Waals surface area contributed by atoms with Crippen LogP contribution in [0.5, 0.6) is 11.5 Å². The lowest BCUT2D eigenvalue weighted by atomic mass is 9.95. The summed E-state index contributed by atoms with van der Waals surface area (Å²) in [6, 6.07) is 6.74.